The van der Waals surface area contributed by atoms with Crippen LogP contribution < -0.4 is 4.74 Å². The summed E-state index contributed by atoms with van der Waals surface area (Å²) in [4.78, 5) is 16.9. The first-order valence-electron chi connectivity index (χ1n) is 7.06. The van der Waals surface area contributed by atoms with Gasteiger partial charge in [-0.3, -0.25) is 4.79 Å². The number of carbonyl (C=O) groups is 1. The van der Waals surface area contributed by atoms with Gasteiger partial charge in [0, 0.05) is 5.39 Å². The van der Waals surface area contributed by atoms with Crippen molar-refractivity contribution in [3.05, 3.63) is 70.9 Å². The third-order valence-electron chi connectivity index (χ3n) is 3.84. The van der Waals surface area contributed by atoms with Crippen LogP contribution in [-0.2, 0) is 0 Å². The molecular weight excluding hydrogens is 298 g/mol. The summed E-state index contributed by atoms with van der Waals surface area (Å²) in [6.07, 6.45) is -0.122. The average Bonchev–Trinajstić information content (AvgIpc) is 2.55. The second kappa shape index (κ2) is 5.11. The van der Waals surface area contributed by atoms with Crippen LogP contribution in [0.15, 0.2) is 54.6 Å². The van der Waals surface area contributed by atoms with Crippen LogP contribution in [0.1, 0.15) is 28.6 Å². The van der Waals surface area contributed by atoms with E-state index in [-0.39, 0.29) is 12.2 Å². The average molecular weight is 310 g/mol. The van der Waals surface area contributed by atoms with E-state index in [2.05, 4.69) is 4.98 Å². The van der Waals surface area contributed by atoms with Crippen molar-refractivity contribution in [3.8, 4) is 5.75 Å². The van der Waals surface area contributed by atoms with Crippen molar-refractivity contribution in [2.24, 2.45) is 0 Å². The molecule has 1 atom stereocenters. The third kappa shape index (κ3) is 2.14. The lowest BCUT2D eigenvalue weighted by Crippen LogP contribution is -2.21. The van der Waals surface area contributed by atoms with Crippen LogP contribution in [0.25, 0.3) is 10.9 Å². The number of pyridine rings is 1. The first-order chi connectivity index (χ1) is 10.7. The zero-order valence-corrected chi connectivity index (χ0v) is 12.4. The van der Waals surface area contributed by atoms with E-state index in [4.69, 9.17) is 16.3 Å². The second-order valence-electron chi connectivity index (χ2n) is 5.28. The molecule has 0 amide bonds. The molecular formula is C18H12ClNO2. The Bertz CT molecular complexity index is 891. The van der Waals surface area contributed by atoms with Crippen LogP contribution in [0.4, 0.5) is 0 Å². The fourth-order valence-corrected chi connectivity index (χ4v) is 3.03. The van der Waals surface area contributed by atoms with Gasteiger partial charge in [-0.2, -0.15) is 0 Å². The molecule has 0 aliphatic carbocycles. The minimum absolute atomic E-state index is 0.0675. The fraction of sp³-hybridized carbons (Fsp3) is 0.111. The molecule has 108 valence electrons. The Balaban J connectivity index is 1.79. The number of benzene rings is 2. The monoisotopic (exact) mass is 309 g/mol. The van der Waals surface area contributed by atoms with Gasteiger partial charge >= 0.3 is 0 Å². The van der Waals surface area contributed by atoms with E-state index < -0.39 is 6.10 Å². The molecule has 1 unspecified atom stereocenters. The molecule has 3 aromatic rings. The quantitative estimate of drug-likeness (QED) is 0.659. The molecule has 1 aliphatic rings. The molecule has 0 saturated heterocycles. The molecule has 1 aromatic heterocycles. The van der Waals surface area contributed by atoms with Gasteiger partial charge in [0.2, 0.25) is 0 Å². The summed E-state index contributed by atoms with van der Waals surface area (Å²) < 4.78 is 5.95. The summed E-state index contributed by atoms with van der Waals surface area (Å²) in [5.41, 5.74) is 2.12. The number of aromatic nitrogens is 1. The number of Topliss-reactive ketones (excluding diaryl/α,β-unsaturated/α-hetero) is 1. The van der Waals surface area contributed by atoms with Crippen molar-refractivity contribution in [2.75, 3.05) is 0 Å². The van der Waals surface area contributed by atoms with Crippen LogP contribution in [0.3, 0.4) is 0 Å². The normalized spacial score (nSPS) is 17.1. The van der Waals surface area contributed by atoms with Gasteiger partial charge in [0.1, 0.15) is 11.9 Å². The number of halogens is 1. The van der Waals surface area contributed by atoms with Gasteiger partial charge in [-0.1, -0.05) is 41.9 Å². The van der Waals surface area contributed by atoms with E-state index >= 15 is 0 Å². The van der Waals surface area contributed by atoms with Crippen molar-refractivity contribution >= 4 is 28.3 Å². The summed E-state index contributed by atoms with van der Waals surface area (Å²) in [5.74, 6) is 0.674. The Kier molecular flexibility index (Phi) is 3.09. The van der Waals surface area contributed by atoms with E-state index in [1.165, 1.54) is 0 Å². The number of carbonyl (C=O) groups excluding carboxylic acids is 1. The van der Waals surface area contributed by atoms with Crippen LogP contribution in [0, 0.1) is 0 Å². The van der Waals surface area contributed by atoms with Crippen molar-refractivity contribution in [1.29, 1.82) is 0 Å². The van der Waals surface area contributed by atoms with Gasteiger partial charge in [0.15, 0.2) is 5.78 Å². The van der Waals surface area contributed by atoms with Crippen LogP contribution in [-0.4, -0.2) is 10.8 Å². The predicted octanol–water partition coefficient (Wildman–Crippen LogP) is 4.59. The Morgan fingerprint density at radius 1 is 1.09 bits per heavy atom. The lowest BCUT2D eigenvalue weighted by molar-refractivity contribution is 0.0845. The van der Waals surface area contributed by atoms with E-state index in [1.54, 1.807) is 12.1 Å². The Labute approximate surface area is 132 Å². The fourth-order valence-electron chi connectivity index (χ4n) is 2.75. The molecule has 0 N–H and O–H groups in total. The van der Waals surface area contributed by atoms with E-state index in [1.807, 2.05) is 42.5 Å². The summed E-state index contributed by atoms with van der Waals surface area (Å²) >= 11 is 6.34. The number of ketones is 1. The van der Waals surface area contributed by atoms with Crippen molar-refractivity contribution in [2.45, 2.75) is 12.5 Å². The van der Waals surface area contributed by atoms with Crippen molar-refractivity contribution < 1.29 is 9.53 Å². The molecule has 4 rings (SSSR count). The number of hydrogen-bond acceptors (Lipinski definition) is 3. The molecule has 4 heteroatoms. The number of fused-ring (bicyclic) bond motifs is 2. The molecule has 2 aromatic carbocycles. The van der Waals surface area contributed by atoms with Gasteiger partial charge in [0.05, 0.1) is 28.2 Å². The number of ether oxygens (including phenoxy) is 1. The molecule has 1 aliphatic heterocycles. The standard InChI is InChI=1S/C18H12ClNO2/c19-13-9-15(20-14-7-3-1-5-11(13)14)18-10-16(21)12-6-2-4-8-17(12)22-18/h1-9,18H,10H2. The SMILES string of the molecule is O=C1CC(c2cc(Cl)c3ccccc3n2)Oc2ccccc21. The van der Waals surface area contributed by atoms with Crippen LogP contribution in [0.2, 0.25) is 5.02 Å². The van der Waals surface area contributed by atoms with Gasteiger partial charge in [-0.05, 0) is 24.3 Å². The van der Waals surface area contributed by atoms with Gasteiger partial charge < -0.3 is 4.74 Å². The highest BCUT2D eigenvalue weighted by Gasteiger charge is 2.28. The zero-order valence-electron chi connectivity index (χ0n) is 11.6. The topological polar surface area (TPSA) is 39.2 Å². The first-order valence-corrected chi connectivity index (χ1v) is 7.44. The number of nitrogens with zero attached hydrogens (tertiary/aromatic N) is 1. The van der Waals surface area contributed by atoms with Gasteiger partial charge in [-0.15, -0.1) is 0 Å². The Morgan fingerprint density at radius 2 is 1.86 bits per heavy atom. The van der Waals surface area contributed by atoms with Crippen molar-refractivity contribution in [1.82, 2.24) is 4.98 Å². The summed E-state index contributed by atoms with van der Waals surface area (Å²) in [6, 6.07) is 16.7. The maximum Gasteiger partial charge on any atom is 0.170 e. The number of rotatable bonds is 1. The predicted molar refractivity (Wildman–Crippen MR) is 85.5 cm³/mol. The molecule has 0 radical (unpaired) electrons. The zero-order chi connectivity index (χ0) is 15.1. The minimum Gasteiger partial charge on any atom is -0.483 e. The van der Waals surface area contributed by atoms with E-state index in [0.29, 0.717) is 22.0 Å². The Morgan fingerprint density at radius 3 is 2.77 bits per heavy atom. The molecule has 22 heavy (non-hydrogen) atoms. The Hall–Kier alpha value is -2.39. The highest BCUT2D eigenvalue weighted by atomic mass is 35.5. The number of para-hydroxylation sites is 2. The lowest BCUT2D eigenvalue weighted by atomic mass is 9.98. The summed E-state index contributed by atoms with van der Waals surface area (Å²) in [6.45, 7) is 0. The van der Waals surface area contributed by atoms with Gasteiger partial charge in [-0.25, -0.2) is 4.98 Å². The maximum atomic E-state index is 12.3. The number of hydrogen-bond donors (Lipinski definition) is 0. The largest absolute Gasteiger partial charge is 0.483 e. The van der Waals surface area contributed by atoms with E-state index in [9.17, 15) is 4.79 Å². The molecule has 0 bridgehead atoms. The molecule has 3 nitrogen and oxygen atoms in total. The summed E-state index contributed by atoms with van der Waals surface area (Å²) in [7, 11) is 0. The highest BCUT2D eigenvalue weighted by molar-refractivity contribution is 6.35. The summed E-state index contributed by atoms with van der Waals surface area (Å²) in [5, 5.41) is 1.52. The van der Waals surface area contributed by atoms with E-state index in [0.717, 1.165) is 10.9 Å². The minimum atomic E-state index is -0.399. The van der Waals surface area contributed by atoms with Crippen molar-refractivity contribution in [3.63, 3.8) is 0 Å². The maximum absolute atomic E-state index is 12.3. The molecule has 0 saturated carbocycles. The molecule has 0 spiro atoms. The lowest BCUT2D eigenvalue weighted by Gasteiger charge is -2.25. The first kappa shape index (κ1) is 13.3. The van der Waals surface area contributed by atoms with Gasteiger partial charge in [0.25, 0.3) is 0 Å². The van der Waals surface area contributed by atoms with Crippen LogP contribution >= 0.6 is 11.6 Å². The third-order valence-corrected chi connectivity index (χ3v) is 4.16. The highest BCUT2D eigenvalue weighted by Crippen LogP contribution is 2.35. The molecule has 2 heterocycles. The smallest absolute Gasteiger partial charge is 0.170 e. The second-order valence-corrected chi connectivity index (χ2v) is 5.68. The van der Waals surface area contributed by atoms with Crippen LogP contribution in [0.5, 0.6) is 5.75 Å². The molecule has 0 fully saturated rings.